The van der Waals surface area contributed by atoms with Crippen molar-refractivity contribution >= 4 is 15.9 Å². The third-order valence-electron chi connectivity index (χ3n) is 4.51. The zero-order valence-corrected chi connectivity index (χ0v) is 15.0. The molecule has 1 saturated heterocycles. The summed E-state index contributed by atoms with van der Waals surface area (Å²) in [4.78, 5) is 16.3. The molecule has 0 bridgehead atoms. The number of piperidine rings is 1. The average molecular weight is 377 g/mol. The van der Waals surface area contributed by atoms with E-state index in [1.165, 1.54) is 16.4 Å². The van der Waals surface area contributed by atoms with E-state index in [1.807, 2.05) is 0 Å². The lowest BCUT2D eigenvalue weighted by atomic mass is 9.93. The fourth-order valence-corrected chi connectivity index (χ4v) is 4.35. The molecule has 0 unspecified atom stereocenters. The average Bonchev–Trinajstić information content (AvgIpc) is 2.68. The lowest BCUT2D eigenvalue weighted by molar-refractivity contribution is -0.135. The van der Waals surface area contributed by atoms with Gasteiger partial charge in [-0.2, -0.15) is 4.31 Å². The molecule has 0 radical (unpaired) electrons. The van der Waals surface area contributed by atoms with Gasteiger partial charge in [0.15, 0.2) is 5.67 Å². The van der Waals surface area contributed by atoms with E-state index in [0.717, 1.165) is 5.56 Å². The second-order valence-corrected chi connectivity index (χ2v) is 8.16. The molecule has 6 nitrogen and oxygen atoms in total. The number of sulfonamides is 1. The van der Waals surface area contributed by atoms with Gasteiger partial charge in [0.1, 0.15) is 0 Å². The van der Waals surface area contributed by atoms with Gasteiger partial charge in [-0.1, -0.05) is 18.2 Å². The summed E-state index contributed by atoms with van der Waals surface area (Å²) in [7, 11) is -3.67. The number of aromatic nitrogens is 1. The third-order valence-corrected chi connectivity index (χ3v) is 6.42. The quantitative estimate of drug-likeness (QED) is 0.863. The molecule has 8 heteroatoms. The van der Waals surface area contributed by atoms with Gasteiger partial charge >= 0.3 is 0 Å². The van der Waals surface area contributed by atoms with E-state index >= 15 is 0 Å². The first-order valence-electron chi connectivity index (χ1n) is 8.33. The van der Waals surface area contributed by atoms with Crippen LogP contribution in [-0.2, 0) is 21.4 Å². The predicted octanol–water partition coefficient (Wildman–Crippen LogP) is 1.89. The molecule has 1 N–H and O–H groups in total. The molecular formula is C18H20FN3O3S. The molecule has 1 aromatic carbocycles. The van der Waals surface area contributed by atoms with Gasteiger partial charge < -0.3 is 5.32 Å². The Morgan fingerprint density at radius 3 is 2.35 bits per heavy atom. The number of pyridine rings is 1. The molecular weight excluding hydrogens is 357 g/mol. The highest BCUT2D eigenvalue weighted by atomic mass is 32.2. The number of amides is 1. The molecule has 1 amide bonds. The molecule has 26 heavy (non-hydrogen) atoms. The Labute approximate surface area is 152 Å². The van der Waals surface area contributed by atoms with Crippen LogP contribution in [0, 0.1) is 0 Å². The van der Waals surface area contributed by atoms with Crippen molar-refractivity contribution in [2.45, 2.75) is 30.0 Å². The van der Waals surface area contributed by atoms with E-state index in [4.69, 9.17) is 0 Å². The van der Waals surface area contributed by atoms with Crippen LogP contribution in [-0.4, -0.2) is 42.4 Å². The molecule has 0 spiro atoms. The zero-order valence-electron chi connectivity index (χ0n) is 14.1. The van der Waals surface area contributed by atoms with Gasteiger partial charge in [-0.3, -0.25) is 9.78 Å². The largest absolute Gasteiger partial charge is 0.349 e. The zero-order chi connectivity index (χ0) is 18.6. The number of rotatable bonds is 5. The Balaban J connectivity index is 1.60. The minimum atomic E-state index is -3.67. The van der Waals surface area contributed by atoms with Gasteiger partial charge in [0.25, 0.3) is 5.91 Å². The normalized spacial score (nSPS) is 17.6. The minimum Gasteiger partial charge on any atom is -0.349 e. The molecule has 2 heterocycles. The first-order chi connectivity index (χ1) is 12.4. The smallest absolute Gasteiger partial charge is 0.258 e. The van der Waals surface area contributed by atoms with Gasteiger partial charge in [-0.25, -0.2) is 12.8 Å². The number of nitrogens with zero attached hydrogens (tertiary/aromatic N) is 2. The Bertz CT molecular complexity index is 852. The molecule has 0 saturated carbocycles. The van der Waals surface area contributed by atoms with E-state index in [0.29, 0.717) is 0 Å². The van der Waals surface area contributed by atoms with Crippen molar-refractivity contribution in [2.24, 2.45) is 0 Å². The molecule has 138 valence electrons. The summed E-state index contributed by atoms with van der Waals surface area (Å²) >= 11 is 0. The number of alkyl halides is 1. The van der Waals surface area contributed by atoms with Crippen molar-refractivity contribution in [1.82, 2.24) is 14.6 Å². The molecule has 1 aliphatic rings. The van der Waals surface area contributed by atoms with Crippen LogP contribution in [0.5, 0.6) is 0 Å². The van der Waals surface area contributed by atoms with Crippen LogP contribution in [0.1, 0.15) is 18.4 Å². The summed E-state index contributed by atoms with van der Waals surface area (Å²) in [6.45, 7) is 0.145. The summed E-state index contributed by atoms with van der Waals surface area (Å²) in [5.41, 5.74) is -1.24. The number of benzene rings is 1. The first kappa shape index (κ1) is 18.5. The Morgan fingerprint density at radius 2 is 1.73 bits per heavy atom. The van der Waals surface area contributed by atoms with Crippen LogP contribution < -0.4 is 5.32 Å². The van der Waals surface area contributed by atoms with Crippen molar-refractivity contribution in [2.75, 3.05) is 13.1 Å². The second-order valence-electron chi connectivity index (χ2n) is 6.22. The summed E-state index contributed by atoms with van der Waals surface area (Å²) in [5.74, 6) is -0.703. The fraction of sp³-hybridized carbons (Fsp3) is 0.333. The molecule has 1 aliphatic heterocycles. The highest BCUT2D eigenvalue weighted by Gasteiger charge is 2.44. The summed E-state index contributed by atoms with van der Waals surface area (Å²) < 4.78 is 41.4. The highest BCUT2D eigenvalue weighted by molar-refractivity contribution is 7.89. The van der Waals surface area contributed by atoms with Crippen LogP contribution in [0.25, 0.3) is 0 Å². The van der Waals surface area contributed by atoms with Crippen LogP contribution in [0.15, 0.2) is 59.8 Å². The number of hydrogen-bond donors (Lipinski definition) is 1. The predicted molar refractivity (Wildman–Crippen MR) is 94.4 cm³/mol. The van der Waals surface area contributed by atoms with Gasteiger partial charge in [0.05, 0.1) is 4.90 Å². The molecule has 1 fully saturated rings. The molecule has 0 aliphatic carbocycles. The molecule has 2 aromatic rings. The lowest BCUT2D eigenvalue weighted by Crippen LogP contribution is -2.52. The summed E-state index contributed by atoms with van der Waals surface area (Å²) in [6, 6.07) is 11.5. The van der Waals surface area contributed by atoms with Crippen molar-refractivity contribution in [1.29, 1.82) is 0 Å². The standard InChI is InChI=1S/C18H20FN3O3S/c19-18(17(23)21-14-15-6-10-20-11-7-15)8-12-22(13-9-18)26(24,25)16-4-2-1-3-5-16/h1-7,10-11H,8-9,12-14H2,(H,21,23). The Kier molecular flexibility index (Phi) is 5.33. The summed E-state index contributed by atoms with van der Waals surface area (Å²) in [5, 5.41) is 2.58. The Morgan fingerprint density at radius 1 is 1.12 bits per heavy atom. The van der Waals surface area contributed by atoms with Crippen LogP contribution in [0.2, 0.25) is 0 Å². The monoisotopic (exact) mass is 377 g/mol. The van der Waals surface area contributed by atoms with E-state index in [2.05, 4.69) is 10.3 Å². The number of carbonyl (C=O) groups is 1. The van der Waals surface area contributed by atoms with Crippen molar-refractivity contribution in [3.63, 3.8) is 0 Å². The first-order valence-corrected chi connectivity index (χ1v) is 9.77. The maximum atomic E-state index is 15.0. The van der Waals surface area contributed by atoms with Crippen molar-refractivity contribution in [3.05, 3.63) is 60.4 Å². The topological polar surface area (TPSA) is 79.4 Å². The van der Waals surface area contributed by atoms with Gasteiger partial charge in [-0.15, -0.1) is 0 Å². The van der Waals surface area contributed by atoms with Gasteiger partial charge in [0.2, 0.25) is 10.0 Å². The van der Waals surface area contributed by atoms with Crippen LogP contribution in [0.4, 0.5) is 4.39 Å². The third kappa shape index (κ3) is 3.91. The number of nitrogens with one attached hydrogen (secondary N) is 1. The number of carbonyl (C=O) groups excluding carboxylic acids is 1. The van der Waals surface area contributed by atoms with Crippen LogP contribution in [0.3, 0.4) is 0 Å². The van der Waals surface area contributed by atoms with E-state index in [9.17, 15) is 17.6 Å². The fourth-order valence-electron chi connectivity index (χ4n) is 2.89. The maximum Gasteiger partial charge on any atom is 0.258 e. The van der Waals surface area contributed by atoms with E-state index in [1.54, 1.807) is 42.7 Å². The maximum absolute atomic E-state index is 15.0. The van der Waals surface area contributed by atoms with Crippen molar-refractivity contribution < 1.29 is 17.6 Å². The molecule has 1 aromatic heterocycles. The van der Waals surface area contributed by atoms with Gasteiger partial charge in [0, 0.05) is 44.9 Å². The van der Waals surface area contributed by atoms with Gasteiger partial charge in [-0.05, 0) is 29.8 Å². The number of halogens is 1. The highest BCUT2D eigenvalue weighted by Crippen LogP contribution is 2.30. The molecule has 3 rings (SSSR count). The van der Waals surface area contributed by atoms with E-state index in [-0.39, 0.29) is 37.4 Å². The molecule has 0 atom stereocenters. The summed E-state index contributed by atoms with van der Waals surface area (Å²) in [6.07, 6.45) is 2.86. The van der Waals surface area contributed by atoms with E-state index < -0.39 is 21.6 Å². The second kappa shape index (κ2) is 7.51. The Hall–Kier alpha value is -2.32. The van der Waals surface area contributed by atoms with Crippen LogP contribution >= 0.6 is 0 Å². The minimum absolute atomic E-state index is 0.0313. The lowest BCUT2D eigenvalue weighted by Gasteiger charge is -2.34. The number of hydrogen-bond acceptors (Lipinski definition) is 4. The SMILES string of the molecule is O=C(NCc1ccncc1)C1(F)CCN(S(=O)(=O)c2ccccc2)CC1. The van der Waals surface area contributed by atoms with Crippen molar-refractivity contribution in [3.8, 4) is 0 Å².